The maximum Gasteiger partial charge on any atom is 0.330 e. The summed E-state index contributed by atoms with van der Waals surface area (Å²) in [5, 5.41) is 0.179. The molecule has 22 heavy (non-hydrogen) atoms. The molecule has 2 aliphatic rings. The predicted molar refractivity (Wildman–Crippen MR) is 81.9 cm³/mol. The molecule has 0 radical (unpaired) electrons. The van der Waals surface area contributed by atoms with E-state index in [-0.39, 0.29) is 23.3 Å². The van der Waals surface area contributed by atoms with Crippen LogP contribution in [0.5, 0.6) is 0 Å². The smallest absolute Gasteiger partial charge is 0.330 e. The third-order valence-electron chi connectivity index (χ3n) is 4.22. The van der Waals surface area contributed by atoms with Crippen molar-refractivity contribution in [3.63, 3.8) is 0 Å². The van der Waals surface area contributed by atoms with Gasteiger partial charge in [0.15, 0.2) is 5.65 Å². The van der Waals surface area contributed by atoms with Crippen molar-refractivity contribution < 1.29 is 0 Å². The summed E-state index contributed by atoms with van der Waals surface area (Å²) in [7, 11) is 0. The third kappa shape index (κ3) is 1.97. The van der Waals surface area contributed by atoms with E-state index in [4.69, 9.17) is 11.5 Å². The van der Waals surface area contributed by atoms with Crippen molar-refractivity contribution in [2.45, 2.75) is 31.3 Å². The minimum absolute atomic E-state index is 0.0744. The first kappa shape index (κ1) is 13.3. The van der Waals surface area contributed by atoms with Crippen LogP contribution in [0, 0.1) is 0 Å². The van der Waals surface area contributed by atoms with Crippen LogP contribution in [0.15, 0.2) is 9.59 Å². The minimum Gasteiger partial charge on any atom is -0.383 e. The molecule has 1 saturated heterocycles. The molecule has 4 rings (SSSR count). The zero-order chi connectivity index (χ0) is 15.4. The van der Waals surface area contributed by atoms with Crippen molar-refractivity contribution in [1.82, 2.24) is 19.5 Å². The number of hydrogen-bond acceptors (Lipinski definition) is 7. The van der Waals surface area contributed by atoms with E-state index < -0.39 is 11.2 Å². The number of aromatic amines is 1. The van der Waals surface area contributed by atoms with Gasteiger partial charge >= 0.3 is 5.69 Å². The molecule has 3 heterocycles. The van der Waals surface area contributed by atoms with Crippen LogP contribution in [0.25, 0.3) is 11.0 Å². The molecule has 1 atom stereocenters. The Morgan fingerprint density at radius 1 is 1.18 bits per heavy atom. The molecule has 1 aliphatic heterocycles. The summed E-state index contributed by atoms with van der Waals surface area (Å²) < 4.78 is 1.52. The number of H-pyrrole nitrogens is 1. The van der Waals surface area contributed by atoms with E-state index in [0.29, 0.717) is 18.1 Å². The molecule has 0 amide bonds. The Hall–Kier alpha value is -2.42. The summed E-state index contributed by atoms with van der Waals surface area (Å²) in [6, 6.07) is 0.153. The van der Waals surface area contributed by atoms with Gasteiger partial charge in [-0.2, -0.15) is 9.97 Å². The van der Waals surface area contributed by atoms with E-state index >= 15 is 0 Å². The highest BCUT2D eigenvalue weighted by Gasteiger charge is 2.30. The van der Waals surface area contributed by atoms with Crippen LogP contribution >= 0.6 is 0 Å². The van der Waals surface area contributed by atoms with Crippen molar-refractivity contribution >= 4 is 22.8 Å². The summed E-state index contributed by atoms with van der Waals surface area (Å²) in [4.78, 5) is 37.1. The van der Waals surface area contributed by atoms with E-state index in [1.807, 2.05) is 4.90 Å². The predicted octanol–water partition coefficient (Wildman–Crippen LogP) is -1.07. The van der Waals surface area contributed by atoms with Crippen molar-refractivity contribution in [3.05, 3.63) is 20.8 Å². The fraction of sp³-hybridized carbons (Fsp3) is 0.538. The van der Waals surface area contributed by atoms with Gasteiger partial charge in [-0.3, -0.25) is 14.3 Å². The maximum absolute atomic E-state index is 12.1. The number of hydrogen-bond donors (Lipinski definition) is 3. The molecular formula is C13H17N7O2. The van der Waals surface area contributed by atoms with Gasteiger partial charge in [-0.15, -0.1) is 0 Å². The highest BCUT2D eigenvalue weighted by molar-refractivity contribution is 5.85. The van der Waals surface area contributed by atoms with Gasteiger partial charge in [0.1, 0.15) is 11.2 Å². The van der Waals surface area contributed by atoms with Gasteiger partial charge in [0.25, 0.3) is 5.56 Å². The fourth-order valence-electron chi connectivity index (χ4n) is 2.94. The molecule has 0 aromatic carbocycles. The van der Waals surface area contributed by atoms with Crippen LogP contribution in [0.3, 0.4) is 0 Å². The van der Waals surface area contributed by atoms with Gasteiger partial charge in [0.05, 0.1) is 0 Å². The standard InChI is InChI=1S/C13H17N7O2/c14-6-3-4-19(5-6)12-16-9(15)8-10(17-12)20(7-1-2-7)13(22)18-11(8)21/h6-7H,1-5,14H2,(H2,15,16,17)(H,18,21,22). The lowest BCUT2D eigenvalue weighted by molar-refractivity contribution is 0.697. The topological polar surface area (TPSA) is 136 Å². The normalized spacial score (nSPS) is 21.7. The number of nitrogens with zero attached hydrogens (tertiary/aromatic N) is 4. The molecule has 5 N–H and O–H groups in total. The number of nitrogens with one attached hydrogen (secondary N) is 1. The van der Waals surface area contributed by atoms with E-state index in [0.717, 1.165) is 25.8 Å². The lowest BCUT2D eigenvalue weighted by atomic mass is 10.3. The second kappa shape index (κ2) is 4.54. The van der Waals surface area contributed by atoms with E-state index in [9.17, 15) is 9.59 Å². The third-order valence-corrected chi connectivity index (χ3v) is 4.22. The van der Waals surface area contributed by atoms with Crippen molar-refractivity contribution in [2.24, 2.45) is 5.73 Å². The van der Waals surface area contributed by atoms with E-state index in [1.165, 1.54) is 4.57 Å². The van der Waals surface area contributed by atoms with Crippen LogP contribution in [-0.4, -0.2) is 38.7 Å². The van der Waals surface area contributed by atoms with Gasteiger partial charge in [-0.25, -0.2) is 4.79 Å². The number of fused-ring (bicyclic) bond motifs is 1. The fourth-order valence-corrected chi connectivity index (χ4v) is 2.94. The number of nitrogens with two attached hydrogens (primary N) is 2. The average Bonchev–Trinajstić information content (AvgIpc) is 3.18. The Balaban J connectivity index is 1.97. The molecule has 2 aromatic rings. The van der Waals surface area contributed by atoms with Crippen LogP contribution < -0.4 is 27.6 Å². The molecule has 1 saturated carbocycles. The number of anilines is 2. The SMILES string of the molecule is Nc1nc(N2CCC(N)C2)nc2c1c(=O)[nH]c(=O)n2C1CC1. The first-order chi connectivity index (χ1) is 10.5. The van der Waals surface area contributed by atoms with Crippen molar-refractivity contribution in [2.75, 3.05) is 23.7 Å². The lowest BCUT2D eigenvalue weighted by Gasteiger charge is -2.17. The van der Waals surface area contributed by atoms with Gasteiger partial charge in [0, 0.05) is 25.2 Å². The second-order valence-corrected chi connectivity index (χ2v) is 5.96. The Morgan fingerprint density at radius 3 is 2.59 bits per heavy atom. The van der Waals surface area contributed by atoms with Gasteiger partial charge in [-0.05, 0) is 19.3 Å². The van der Waals surface area contributed by atoms with Crippen molar-refractivity contribution in [3.8, 4) is 0 Å². The van der Waals surface area contributed by atoms with Crippen LogP contribution in [-0.2, 0) is 0 Å². The first-order valence-electron chi connectivity index (χ1n) is 7.37. The summed E-state index contributed by atoms with van der Waals surface area (Å²) in [5.74, 6) is 0.522. The summed E-state index contributed by atoms with van der Waals surface area (Å²) in [6.45, 7) is 1.38. The lowest BCUT2D eigenvalue weighted by Crippen LogP contribution is -2.32. The molecule has 0 bridgehead atoms. The van der Waals surface area contributed by atoms with Gasteiger partial charge in [-0.1, -0.05) is 0 Å². The molecule has 2 aromatic heterocycles. The molecule has 1 unspecified atom stereocenters. The second-order valence-electron chi connectivity index (χ2n) is 5.96. The largest absolute Gasteiger partial charge is 0.383 e. The van der Waals surface area contributed by atoms with Crippen LogP contribution in [0.1, 0.15) is 25.3 Å². The van der Waals surface area contributed by atoms with E-state index in [2.05, 4.69) is 15.0 Å². The average molecular weight is 303 g/mol. The summed E-state index contributed by atoms with van der Waals surface area (Å²) >= 11 is 0. The number of rotatable bonds is 2. The molecule has 116 valence electrons. The molecular weight excluding hydrogens is 286 g/mol. The molecule has 2 fully saturated rings. The zero-order valence-electron chi connectivity index (χ0n) is 12.0. The van der Waals surface area contributed by atoms with Gasteiger partial charge in [0.2, 0.25) is 5.95 Å². The number of aromatic nitrogens is 4. The first-order valence-corrected chi connectivity index (χ1v) is 7.37. The minimum atomic E-state index is -0.543. The molecule has 0 spiro atoms. The highest BCUT2D eigenvalue weighted by Crippen LogP contribution is 2.35. The van der Waals surface area contributed by atoms with Crippen LogP contribution in [0.4, 0.5) is 11.8 Å². The zero-order valence-corrected chi connectivity index (χ0v) is 12.0. The van der Waals surface area contributed by atoms with Crippen molar-refractivity contribution in [1.29, 1.82) is 0 Å². The molecule has 9 nitrogen and oxygen atoms in total. The summed E-state index contributed by atoms with van der Waals surface area (Å²) in [5.41, 5.74) is 11.2. The summed E-state index contributed by atoms with van der Waals surface area (Å²) in [6.07, 6.45) is 2.65. The molecule has 9 heteroatoms. The maximum atomic E-state index is 12.1. The highest BCUT2D eigenvalue weighted by atomic mass is 16.2. The molecule has 1 aliphatic carbocycles. The Labute approximate surface area is 125 Å². The van der Waals surface area contributed by atoms with E-state index in [1.54, 1.807) is 0 Å². The quantitative estimate of drug-likeness (QED) is 0.643. The number of nitrogen functional groups attached to an aromatic ring is 1. The monoisotopic (exact) mass is 303 g/mol. The Bertz CT molecular complexity index is 867. The van der Waals surface area contributed by atoms with Gasteiger partial charge < -0.3 is 16.4 Å². The Kier molecular flexibility index (Phi) is 2.73. The Morgan fingerprint density at radius 2 is 1.95 bits per heavy atom. The van der Waals surface area contributed by atoms with Crippen LogP contribution in [0.2, 0.25) is 0 Å².